The fraction of sp³-hybridized carbons (Fsp3) is 0.400. The molecule has 8 heteroatoms. The van der Waals surface area contributed by atoms with Gasteiger partial charge in [-0.05, 0) is 25.0 Å². The Kier molecular flexibility index (Phi) is 8.63. The van der Waals surface area contributed by atoms with E-state index in [4.69, 9.17) is 15.7 Å². The molecule has 0 spiro atoms. The monoisotopic (exact) mass is 319 g/mol. The van der Waals surface area contributed by atoms with E-state index in [0.29, 0.717) is 31.5 Å². The highest BCUT2D eigenvalue weighted by Crippen LogP contribution is 2.10. The van der Waals surface area contributed by atoms with Gasteiger partial charge in [-0.2, -0.15) is 5.26 Å². The van der Waals surface area contributed by atoms with Gasteiger partial charge in [0.05, 0.1) is 6.04 Å². The Morgan fingerprint density at radius 2 is 2.22 bits per heavy atom. The molecule has 0 saturated carbocycles. The van der Waals surface area contributed by atoms with Crippen molar-refractivity contribution in [2.45, 2.75) is 25.0 Å². The third-order valence-corrected chi connectivity index (χ3v) is 3.05. The summed E-state index contributed by atoms with van der Waals surface area (Å²) in [5.74, 6) is 0.691. The Labute approximate surface area is 135 Å². The molecule has 0 aliphatic rings. The van der Waals surface area contributed by atoms with E-state index in [1.807, 2.05) is 18.2 Å². The van der Waals surface area contributed by atoms with Crippen molar-refractivity contribution < 1.29 is 14.6 Å². The molecule has 0 fully saturated rings. The number of nitriles is 1. The lowest BCUT2D eigenvalue weighted by Gasteiger charge is -2.22. The maximum Gasteiger partial charge on any atom is 0.207 e. The number of nitrogens with two attached hydrogens (primary N) is 1. The average molecular weight is 319 g/mol. The van der Waals surface area contributed by atoms with Crippen molar-refractivity contribution in [2.75, 3.05) is 13.2 Å². The minimum absolute atomic E-state index is 0.0420. The summed E-state index contributed by atoms with van der Waals surface area (Å²) in [4.78, 5) is 14.6. The first-order chi connectivity index (χ1) is 11.2. The van der Waals surface area contributed by atoms with Crippen LogP contribution in [0.2, 0.25) is 0 Å². The Bertz CT molecular complexity index is 530. The predicted molar refractivity (Wildman–Crippen MR) is 85.4 cm³/mol. The average Bonchev–Trinajstić information content (AvgIpc) is 2.56. The zero-order chi connectivity index (χ0) is 16.9. The molecule has 8 nitrogen and oxygen atoms in total. The van der Waals surface area contributed by atoms with E-state index in [0.717, 1.165) is 0 Å². The van der Waals surface area contributed by atoms with Crippen LogP contribution in [0.25, 0.3) is 0 Å². The summed E-state index contributed by atoms with van der Waals surface area (Å²) in [5.41, 5.74) is 5.41. The number of hydrogen-bond acceptors (Lipinski definition) is 5. The number of aliphatic hydroxyl groups is 1. The van der Waals surface area contributed by atoms with E-state index in [1.165, 1.54) is 0 Å². The zero-order valence-electron chi connectivity index (χ0n) is 12.7. The van der Waals surface area contributed by atoms with Gasteiger partial charge in [0.1, 0.15) is 18.5 Å². The van der Waals surface area contributed by atoms with Crippen LogP contribution in [0.15, 0.2) is 35.3 Å². The third-order valence-electron chi connectivity index (χ3n) is 3.05. The van der Waals surface area contributed by atoms with Crippen LogP contribution >= 0.6 is 0 Å². The van der Waals surface area contributed by atoms with Crippen molar-refractivity contribution in [3.05, 3.63) is 30.3 Å². The van der Waals surface area contributed by atoms with Gasteiger partial charge < -0.3 is 20.9 Å². The molecule has 0 radical (unpaired) electrons. The first kappa shape index (κ1) is 18.3. The second-order valence-corrected chi connectivity index (χ2v) is 4.73. The number of aliphatic imine (C=N–C) groups is 1. The zero-order valence-corrected chi connectivity index (χ0v) is 12.7. The molecular weight excluding hydrogens is 298 g/mol. The summed E-state index contributed by atoms with van der Waals surface area (Å²) in [6, 6.07) is 8.66. The Morgan fingerprint density at radius 3 is 2.87 bits per heavy atom. The van der Waals surface area contributed by atoms with Gasteiger partial charge >= 0.3 is 0 Å². The topological polar surface area (TPSA) is 133 Å². The molecule has 0 bridgehead atoms. The van der Waals surface area contributed by atoms with Crippen molar-refractivity contribution in [3.63, 3.8) is 0 Å². The molecule has 0 aromatic heterocycles. The van der Waals surface area contributed by atoms with Gasteiger partial charge in [0, 0.05) is 6.54 Å². The first-order valence-electron chi connectivity index (χ1n) is 7.18. The van der Waals surface area contributed by atoms with Gasteiger partial charge in [0.25, 0.3) is 0 Å². The molecule has 0 aliphatic carbocycles. The van der Waals surface area contributed by atoms with Crippen LogP contribution in [0.5, 0.6) is 5.75 Å². The molecule has 0 heterocycles. The largest absolute Gasteiger partial charge is 0.491 e. The lowest BCUT2D eigenvalue weighted by atomic mass is 10.1. The van der Waals surface area contributed by atoms with Crippen molar-refractivity contribution in [1.29, 1.82) is 5.26 Å². The highest BCUT2D eigenvalue weighted by molar-refractivity contribution is 5.79. The van der Waals surface area contributed by atoms with E-state index in [-0.39, 0.29) is 12.6 Å². The van der Waals surface area contributed by atoms with Crippen LogP contribution in [0.4, 0.5) is 0 Å². The van der Waals surface area contributed by atoms with E-state index in [2.05, 4.69) is 15.6 Å². The van der Waals surface area contributed by atoms with Gasteiger partial charge in [-0.1, -0.05) is 18.2 Å². The summed E-state index contributed by atoms with van der Waals surface area (Å²) in [5, 5.41) is 23.3. The van der Waals surface area contributed by atoms with Crippen molar-refractivity contribution in [3.8, 4) is 11.9 Å². The molecule has 2 atom stereocenters. The van der Waals surface area contributed by atoms with Crippen LogP contribution in [0.1, 0.15) is 12.8 Å². The molecule has 5 N–H and O–H groups in total. The van der Waals surface area contributed by atoms with Gasteiger partial charge in [-0.25, -0.2) is 0 Å². The number of aliphatic hydroxyl groups excluding tert-OH is 1. The van der Waals surface area contributed by atoms with Crippen molar-refractivity contribution in [2.24, 2.45) is 10.7 Å². The first-order valence-corrected chi connectivity index (χ1v) is 7.18. The third kappa shape index (κ3) is 7.68. The second kappa shape index (κ2) is 10.9. The Morgan fingerprint density at radius 1 is 1.48 bits per heavy atom. The lowest BCUT2D eigenvalue weighted by Crippen LogP contribution is -2.42. The van der Waals surface area contributed by atoms with Crippen LogP contribution < -0.4 is 21.1 Å². The van der Waals surface area contributed by atoms with Crippen molar-refractivity contribution in [1.82, 2.24) is 10.6 Å². The lowest BCUT2D eigenvalue weighted by molar-refractivity contribution is -0.111. The maximum atomic E-state index is 10.7. The SMILES string of the molecule is N#CNC(N)=NCCCC(NC=O)C(O)COc1ccccc1. The molecule has 0 aliphatic heterocycles. The number of carbonyl (C=O) groups excluding carboxylic acids is 1. The van der Waals surface area contributed by atoms with Crippen LogP contribution in [0.3, 0.4) is 0 Å². The molecule has 124 valence electrons. The summed E-state index contributed by atoms with van der Waals surface area (Å²) < 4.78 is 5.47. The van der Waals surface area contributed by atoms with Crippen LogP contribution in [0, 0.1) is 11.5 Å². The molecule has 1 amide bonds. The number of hydrogen-bond donors (Lipinski definition) is 4. The summed E-state index contributed by atoms with van der Waals surface area (Å²) in [6.45, 7) is 0.445. The number of benzene rings is 1. The van der Waals surface area contributed by atoms with E-state index in [1.54, 1.807) is 18.3 Å². The molecule has 0 saturated heterocycles. The molecule has 2 unspecified atom stereocenters. The number of nitrogens with one attached hydrogen (secondary N) is 2. The number of nitrogens with zero attached hydrogens (tertiary/aromatic N) is 2. The predicted octanol–water partition coefficient (Wildman–Crippen LogP) is -0.294. The standard InChI is InChI=1S/C15H21N5O3/c16-10-19-15(17)18-8-4-7-13(20-11-21)14(22)9-23-12-5-2-1-3-6-12/h1-3,5-6,11,13-14,22H,4,7-9H2,(H,20,21)(H3,17,18,19). The Balaban J connectivity index is 2.39. The molecule has 1 aromatic rings. The minimum Gasteiger partial charge on any atom is -0.491 e. The Hall–Kier alpha value is -2.79. The number of guanidine groups is 1. The maximum absolute atomic E-state index is 10.7. The number of para-hydroxylation sites is 1. The molecule has 23 heavy (non-hydrogen) atoms. The smallest absolute Gasteiger partial charge is 0.207 e. The number of ether oxygens (including phenoxy) is 1. The summed E-state index contributed by atoms with van der Waals surface area (Å²) >= 11 is 0. The normalized spacial score (nSPS) is 13.5. The molecule has 1 rings (SSSR count). The highest BCUT2D eigenvalue weighted by atomic mass is 16.5. The van der Waals surface area contributed by atoms with Gasteiger partial charge in [-0.15, -0.1) is 0 Å². The van der Waals surface area contributed by atoms with Gasteiger partial charge in [0.15, 0.2) is 6.19 Å². The fourth-order valence-corrected chi connectivity index (χ4v) is 1.90. The molecule has 1 aromatic carbocycles. The second-order valence-electron chi connectivity index (χ2n) is 4.73. The summed E-state index contributed by atoms with van der Waals surface area (Å²) in [7, 11) is 0. The summed E-state index contributed by atoms with van der Waals surface area (Å²) in [6.07, 6.45) is 2.45. The number of carbonyl (C=O) groups is 1. The molecular formula is C15H21N5O3. The van der Waals surface area contributed by atoms with E-state index in [9.17, 15) is 9.90 Å². The van der Waals surface area contributed by atoms with Crippen LogP contribution in [-0.2, 0) is 4.79 Å². The quantitative estimate of drug-likeness (QED) is 0.117. The van der Waals surface area contributed by atoms with Crippen LogP contribution in [-0.4, -0.2) is 42.8 Å². The van der Waals surface area contributed by atoms with E-state index < -0.39 is 12.1 Å². The van der Waals surface area contributed by atoms with Crippen molar-refractivity contribution >= 4 is 12.4 Å². The highest BCUT2D eigenvalue weighted by Gasteiger charge is 2.18. The van der Waals surface area contributed by atoms with Gasteiger partial charge in [-0.3, -0.25) is 15.1 Å². The fourth-order valence-electron chi connectivity index (χ4n) is 1.90. The minimum atomic E-state index is -0.848. The number of amides is 1. The van der Waals surface area contributed by atoms with E-state index >= 15 is 0 Å². The van der Waals surface area contributed by atoms with Gasteiger partial charge in [0.2, 0.25) is 12.4 Å². The number of rotatable bonds is 10.